The van der Waals surface area contributed by atoms with Crippen LogP contribution in [0.1, 0.15) is 19.3 Å². The SMILES string of the molecule is OCCCCC=CB(O)O. The summed E-state index contributed by atoms with van der Waals surface area (Å²) in [5.74, 6) is 1.32. The number of unbranched alkanes of at least 4 members (excludes halogenated alkanes) is 2. The molecule has 0 aliphatic rings. The largest absolute Gasteiger partial charge is 0.480 e. The number of aliphatic hydroxyl groups excluding tert-OH is 1. The molecule has 0 atom stereocenters. The van der Waals surface area contributed by atoms with E-state index in [1.54, 1.807) is 6.08 Å². The Labute approximate surface area is 61.1 Å². The van der Waals surface area contributed by atoms with Gasteiger partial charge in [-0.25, -0.2) is 0 Å². The summed E-state index contributed by atoms with van der Waals surface area (Å²) >= 11 is 0. The Hall–Kier alpha value is -0.315. The van der Waals surface area contributed by atoms with Crippen LogP contribution in [0.3, 0.4) is 0 Å². The molecule has 0 rings (SSSR count). The first kappa shape index (κ1) is 9.68. The van der Waals surface area contributed by atoms with E-state index in [0.29, 0.717) is 0 Å². The number of aliphatic hydroxyl groups is 1. The summed E-state index contributed by atoms with van der Waals surface area (Å²) < 4.78 is 0. The third kappa shape index (κ3) is 7.68. The Morgan fingerprint density at radius 1 is 1.20 bits per heavy atom. The Morgan fingerprint density at radius 3 is 2.40 bits per heavy atom. The highest BCUT2D eigenvalue weighted by Gasteiger charge is 1.95. The van der Waals surface area contributed by atoms with Crippen LogP contribution in [0.5, 0.6) is 0 Å². The van der Waals surface area contributed by atoms with E-state index < -0.39 is 7.12 Å². The van der Waals surface area contributed by atoms with E-state index in [-0.39, 0.29) is 6.61 Å². The van der Waals surface area contributed by atoms with Gasteiger partial charge in [-0.2, -0.15) is 0 Å². The highest BCUT2D eigenvalue weighted by molar-refractivity contribution is 6.47. The molecule has 0 bridgehead atoms. The van der Waals surface area contributed by atoms with Gasteiger partial charge in [0.15, 0.2) is 0 Å². The van der Waals surface area contributed by atoms with Crippen LogP contribution in [0.4, 0.5) is 0 Å². The molecule has 0 aromatic heterocycles. The third-order valence-corrected chi connectivity index (χ3v) is 1.09. The topological polar surface area (TPSA) is 60.7 Å². The van der Waals surface area contributed by atoms with E-state index in [1.807, 2.05) is 0 Å². The van der Waals surface area contributed by atoms with Crippen molar-refractivity contribution in [3.63, 3.8) is 0 Å². The predicted molar refractivity (Wildman–Crippen MR) is 40.3 cm³/mol. The fraction of sp³-hybridized carbons (Fsp3) is 0.667. The Morgan fingerprint density at radius 2 is 1.90 bits per heavy atom. The first-order valence-corrected chi connectivity index (χ1v) is 3.41. The molecule has 0 aliphatic carbocycles. The van der Waals surface area contributed by atoms with Gasteiger partial charge in [0.25, 0.3) is 0 Å². The van der Waals surface area contributed by atoms with Crippen LogP contribution in [-0.2, 0) is 0 Å². The fourth-order valence-corrected chi connectivity index (χ4v) is 0.592. The van der Waals surface area contributed by atoms with Gasteiger partial charge in [-0.15, -0.1) is 0 Å². The zero-order valence-electron chi connectivity index (χ0n) is 5.90. The van der Waals surface area contributed by atoms with Crippen molar-refractivity contribution in [3.8, 4) is 0 Å². The molecular weight excluding hydrogens is 131 g/mol. The summed E-state index contributed by atoms with van der Waals surface area (Å²) in [6, 6.07) is 0. The Bertz CT molecular complexity index is 93.0. The van der Waals surface area contributed by atoms with Gasteiger partial charge in [-0.3, -0.25) is 0 Å². The molecule has 0 fully saturated rings. The monoisotopic (exact) mass is 144 g/mol. The van der Waals surface area contributed by atoms with Crippen molar-refractivity contribution >= 4 is 7.12 Å². The quantitative estimate of drug-likeness (QED) is 0.367. The lowest BCUT2D eigenvalue weighted by molar-refractivity contribution is 0.285. The summed E-state index contributed by atoms with van der Waals surface area (Å²) in [4.78, 5) is 0. The van der Waals surface area contributed by atoms with Gasteiger partial charge in [0.05, 0.1) is 0 Å². The van der Waals surface area contributed by atoms with Crippen molar-refractivity contribution in [2.24, 2.45) is 0 Å². The second-order valence-electron chi connectivity index (χ2n) is 2.06. The van der Waals surface area contributed by atoms with Crippen molar-refractivity contribution in [1.82, 2.24) is 0 Å². The zero-order chi connectivity index (χ0) is 7.82. The van der Waals surface area contributed by atoms with Gasteiger partial charge in [0, 0.05) is 6.61 Å². The van der Waals surface area contributed by atoms with Gasteiger partial charge in [-0.1, -0.05) is 12.1 Å². The first-order valence-electron chi connectivity index (χ1n) is 3.41. The number of hydrogen-bond donors (Lipinski definition) is 3. The normalized spacial score (nSPS) is 10.7. The number of allylic oxidation sites excluding steroid dienone is 1. The van der Waals surface area contributed by atoms with E-state index in [4.69, 9.17) is 15.2 Å². The maximum atomic E-state index is 8.35. The van der Waals surface area contributed by atoms with Crippen molar-refractivity contribution in [3.05, 3.63) is 12.1 Å². The van der Waals surface area contributed by atoms with Crippen molar-refractivity contribution < 1.29 is 15.2 Å². The summed E-state index contributed by atoms with van der Waals surface area (Å²) in [7, 11) is -1.34. The Kier molecular flexibility index (Phi) is 6.59. The van der Waals surface area contributed by atoms with E-state index in [2.05, 4.69) is 0 Å². The molecule has 0 amide bonds. The molecule has 0 aromatic carbocycles. The van der Waals surface area contributed by atoms with Crippen LogP contribution >= 0.6 is 0 Å². The van der Waals surface area contributed by atoms with Gasteiger partial charge in [0.1, 0.15) is 0 Å². The zero-order valence-corrected chi connectivity index (χ0v) is 5.90. The molecule has 58 valence electrons. The van der Waals surface area contributed by atoms with Crippen molar-refractivity contribution in [2.45, 2.75) is 19.3 Å². The molecule has 0 saturated carbocycles. The summed E-state index contributed by atoms with van der Waals surface area (Å²) in [6.45, 7) is 0.204. The summed E-state index contributed by atoms with van der Waals surface area (Å²) in [5.41, 5.74) is 0. The minimum atomic E-state index is -1.34. The molecule has 10 heavy (non-hydrogen) atoms. The second-order valence-corrected chi connectivity index (χ2v) is 2.06. The van der Waals surface area contributed by atoms with Gasteiger partial charge < -0.3 is 15.2 Å². The minimum Gasteiger partial charge on any atom is -0.424 e. The molecule has 3 nitrogen and oxygen atoms in total. The van der Waals surface area contributed by atoms with Crippen LogP contribution in [0.15, 0.2) is 12.1 Å². The number of hydrogen-bond acceptors (Lipinski definition) is 3. The first-order chi connectivity index (χ1) is 4.77. The minimum absolute atomic E-state index is 0.204. The van der Waals surface area contributed by atoms with Gasteiger partial charge >= 0.3 is 7.12 Å². The lowest BCUT2D eigenvalue weighted by Gasteiger charge is -1.90. The third-order valence-electron chi connectivity index (χ3n) is 1.09. The second kappa shape index (κ2) is 6.80. The molecule has 0 saturated heterocycles. The number of rotatable bonds is 5. The van der Waals surface area contributed by atoms with E-state index in [0.717, 1.165) is 19.3 Å². The average Bonchev–Trinajstić information content (AvgIpc) is 1.87. The highest BCUT2D eigenvalue weighted by atomic mass is 16.4. The molecule has 0 heterocycles. The molecule has 0 spiro atoms. The summed E-state index contributed by atoms with van der Waals surface area (Å²) in [5, 5.41) is 25.0. The van der Waals surface area contributed by atoms with E-state index in [9.17, 15) is 0 Å². The molecule has 0 aliphatic heterocycles. The lowest BCUT2D eigenvalue weighted by Crippen LogP contribution is -2.05. The molecule has 4 heteroatoms. The standard InChI is InChI=1S/C6H13BO3/c8-6-4-2-1-3-5-7(9)10/h3,5,8-10H,1-2,4,6H2. The van der Waals surface area contributed by atoms with Gasteiger partial charge in [-0.05, 0) is 19.3 Å². The highest BCUT2D eigenvalue weighted by Crippen LogP contribution is 1.94. The predicted octanol–water partition coefficient (Wildman–Crippen LogP) is -0.283. The maximum Gasteiger partial charge on any atom is 0.480 e. The average molecular weight is 144 g/mol. The van der Waals surface area contributed by atoms with Gasteiger partial charge in [0.2, 0.25) is 0 Å². The molecule has 0 unspecified atom stereocenters. The molecule has 3 N–H and O–H groups in total. The van der Waals surface area contributed by atoms with Crippen LogP contribution in [0.2, 0.25) is 0 Å². The molecular formula is C6H13BO3. The van der Waals surface area contributed by atoms with Crippen LogP contribution in [-0.4, -0.2) is 28.9 Å². The van der Waals surface area contributed by atoms with Crippen molar-refractivity contribution in [1.29, 1.82) is 0 Å². The fourth-order valence-electron chi connectivity index (χ4n) is 0.592. The molecule has 0 aromatic rings. The molecule has 0 radical (unpaired) electrons. The maximum absolute atomic E-state index is 8.35. The van der Waals surface area contributed by atoms with E-state index >= 15 is 0 Å². The van der Waals surface area contributed by atoms with Crippen LogP contribution < -0.4 is 0 Å². The van der Waals surface area contributed by atoms with E-state index in [1.165, 1.54) is 5.98 Å². The van der Waals surface area contributed by atoms with Crippen molar-refractivity contribution in [2.75, 3.05) is 6.61 Å². The smallest absolute Gasteiger partial charge is 0.424 e. The Balaban J connectivity index is 3.02. The lowest BCUT2D eigenvalue weighted by atomic mass is 9.91. The van der Waals surface area contributed by atoms with Crippen LogP contribution in [0, 0.1) is 0 Å². The van der Waals surface area contributed by atoms with Crippen LogP contribution in [0.25, 0.3) is 0 Å². The summed E-state index contributed by atoms with van der Waals surface area (Å²) in [6.07, 6.45) is 4.14.